The van der Waals surface area contributed by atoms with Crippen LogP contribution in [0.3, 0.4) is 0 Å². The largest absolute Gasteiger partial charge is 0.334 e. The Labute approximate surface area is 151 Å². The molecule has 0 saturated heterocycles. The number of pyridine rings is 1. The number of rotatable bonds is 5. The molecule has 0 radical (unpaired) electrons. The number of hydrogen-bond acceptors (Lipinski definition) is 6. The summed E-state index contributed by atoms with van der Waals surface area (Å²) in [5.74, 6) is 0.0959. The maximum atomic E-state index is 13.6. The zero-order chi connectivity index (χ0) is 17.8. The number of halogens is 2. The van der Waals surface area contributed by atoms with Gasteiger partial charge in [0.15, 0.2) is 5.82 Å². The predicted molar refractivity (Wildman–Crippen MR) is 93.0 cm³/mol. The number of nitrogens with one attached hydrogen (secondary N) is 1. The van der Waals surface area contributed by atoms with E-state index < -0.39 is 5.82 Å². The van der Waals surface area contributed by atoms with E-state index in [0.29, 0.717) is 22.3 Å². The normalized spacial score (nSPS) is 10.7. The minimum absolute atomic E-state index is 0.0880. The van der Waals surface area contributed by atoms with Crippen molar-refractivity contribution in [3.05, 3.63) is 53.2 Å². The number of aryl methyl sites for hydroxylation is 1. The van der Waals surface area contributed by atoms with Crippen molar-refractivity contribution in [2.24, 2.45) is 0 Å². The summed E-state index contributed by atoms with van der Waals surface area (Å²) in [6, 6.07) is 7.59. The molecule has 0 saturated carbocycles. The number of hydrogen-bond donors (Lipinski definition) is 1. The quantitative estimate of drug-likeness (QED) is 0.677. The first-order chi connectivity index (χ1) is 12.0. The van der Waals surface area contributed by atoms with Crippen LogP contribution in [-0.2, 0) is 4.79 Å². The Morgan fingerprint density at radius 3 is 2.84 bits per heavy atom. The molecule has 1 N–H and O–H groups in total. The van der Waals surface area contributed by atoms with Crippen LogP contribution in [0.2, 0.25) is 5.02 Å². The Kier molecular flexibility index (Phi) is 5.30. The van der Waals surface area contributed by atoms with E-state index in [1.54, 1.807) is 25.3 Å². The highest BCUT2D eigenvalue weighted by Gasteiger charge is 2.10. The minimum Gasteiger partial charge on any atom is -0.334 e. The molecular weight excluding hydrogens is 367 g/mol. The van der Waals surface area contributed by atoms with Gasteiger partial charge in [-0.3, -0.25) is 4.79 Å². The highest BCUT2D eigenvalue weighted by atomic mass is 35.5. The molecule has 9 heteroatoms. The lowest BCUT2D eigenvalue weighted by Crippen LogP contribution is -2.15. The Hall–Kier alpha value is -2.45. The van der Waals surface area contributed by atoms with Gasteiger partial charge >= 0.3 is 0 Å². The number of benzene rings is 1. The van der Waals surface area contributed by atoms with E-state index in [9.17, 15) is 9.18 Å². The van der Waals surface area contributed by atoms with Crippen molar-refractivity contribution in [3.63, 3.8) is 0 Å². The number of carbonyl (C=O) groups is 1. The number of anilines is 1. The second-order valence-electron chi connectivity index (χ2n) is 4.99. The molecule has 1 aromatic carbocycles. The third kappa shape index (κ3) is 4.55. The molecule has 0 spiro atoms. The minimum atomic E-state index is -0.580. The fourth-order valence-corrected chi connectivity index (χ4v) is 2.72. The van der Waals surface area contributed by atoms with Crippen molar-refractivity contribution in [2.75, 3.05) is 11.1 Å². The van der Waals surface area contributed by atoms with Gasteiger partial charge in [0.25, 0.3) is 5.89 Å². The summed E-state index contributed by atoms with van der Waals surface area (Å²) >= 11 is 6.90. The van der Waals surface area contributed by atoms with Crippen LogP contribution in [0.15, 0.2) is 46.1 Å². The van der Waals surface area contributed by atoms with Gasteiger partial charge in [0.1, 0.15) is 5.82 Å². The summed E-state index contributed by atoms with van der Waals surface area (Å²) in [5, 5.41) is 7.12. The standard InChI is InChI=1S/C16H12ClFN4O2S/c1-9-20-16(24-22-9)10-2-5-15(19-7-10)25-8-14(23)21-13-4-3-11(17)6-12(13)18/h2-7H,8H2,1H3,(H,21,23). The predicted octanol–water partition coefficient (Wildman–Crippen LogP) is 3.96. The van der Waals surface area contributed by atoms with Gasteiger partial charge in [0, 0.05) is 11.2 Å². The molecule has 3 rings (SSSR count). The van der Waals surface area contributed by atoms with E-state index in [1.807, 2.05) is 0 Å². The number of thioether (sulfide) groups is 1. The maximum absolute atomic E-state index is 13.6. The van der Waals surface area contributed by atoms with Crippen molar-refractivity contribution in [2.45, 2.75) is 11.9 Å². The third-order valence-electron chi connectivity index (χ3n) is 3.07. The van der Waals surface area contributed by atoms with Gasteiger partial charge in [-0.25, -0.2) is 9.37 Å². The molecule has 0 aliphatic heterocycles. The number of nitrogens with zero attached hydrogens (tertiary/aromatic N) is 3. The molecular formula is C16H12ClFN4O2S. The van der Waals surface area contributed by atoms with Crippen LogP contribution in [0, 0.1) is 12.7 Å². The average Bonchev–Trinajstić information content (AvgIpc) is 3.02. The van der Waals surface area contributed by atoms with E-state index in [0.717, 1.165) is 6.07 Å². The van der Waals surface area contributed by atoms with Crippen LogP contribution in [0.25, 0.3) is 11.5 Å². The fraction of sp³-hybridized carbons (Fsp3) is 0.125. The van der Waals surface area contributed by atoms with Crippen LogP contribution in [-0.4, -0.2) is 26.8 Å². The lowest BCUT2D eigenvalue weighted by molar-refractivity contribution is -0.113. The van der Waals surface area contributed by atoms with Crippen LogP contribution < -0.4 is 5.32 Å². The van der Waals surface area contributed by atoms with Gasteiger partial charge in [0.05, 0.1) is 22.0 Å². The summed E-state index contributed by atoms with van der Waals surface area (Å²) < 4.78 is 18.7. The van der Waals surface area contributed by atoms with E-state index in [1.165, 1.54) is 23.9 Å². The monoisotopic (exact) mass is 378 g/mol. The molecule has 0 bridgehead atoms. The summed E-state index contributed by atoms with van der Waals surface area (Å²) in [7, 11) is 0. The van der Waals surface area contributed by atoms with E-state index in [-0.39, 0.29) is 22.4 Å². The van der Waals surface area contributed by atoms with Crippen molar-refractivity contribution < 1.29 is 13.7 Å². The average molecular weight is 379 g/mol. The number of carbonyl (C=O) groups excluding carboxylic acids is 1. The Morgan fingerprint density at radius 1 is 1.36 bits per heavy atom. The smallest absolute Gasteiger partial charge is 0.259 e. The van der Waals surface area contributed by atoms with Crippen molar-refractivity contribution in [3.8, 4) is 11.5 Å². The molecule has 2 heterocycles. The van der Waals surface area contributed by atoms with Gasteiger partial charge < -0.3 is 9.84 Å². The number of amides is 1. The highest BCUT2D eigenvalue weighted by molar-refractivity contribution is 7.99. The maximum Gasteiger partial charge on any atom is 0.259 e. The molecule has 0 fully saturated rings. The first kappa shape index (κ1) is 17.4. The van der Waals surface area contributed by atoms with Gasteiger partial charge in [-0.1, -0.05) is 28.5 Å². The number of aromatic nitrogens is 3. The van der Waals surface area contributed by atoms with Crippen LogP contribution in [0.4, 0.5) is 10.1 Å². The molecule has 2 aromatic heterocycles. The van der Waals surface area contributed by atoms with Crippen LogP contribution in [0.5, 0.6) is 0 Å². The molecule has 3 aromatic rings. The van der Waals surface area contributed by atoms with Crippen LogP contribution in [0.1, 0.15) is 5.82 Å². The van der Waals surface area contributed by atoms with Crippen LogP contribution >= 0.6 is 23.4 Å². The first-order valence-corrected chi connectivity index (χ1v) is 8.52. The second kappa shape index (κ2) is 7.62. The summed E-state index contributed by atoms with van der Waals surface area (Å²) in [5.41, 5.74) is 0.780. The highest BCUT2D eigenvalue weighted by Crippen LogP contribution is 2.22. The lowest BCUT2D eigenvalue weighted by Gasteiger charge is -2.06. The van der Waals surface area contributed by atoms with E-state index in [2.05, 4.69) is 20.4 Å². The summed E-state index contributed by atoms with van der Waals surface area (Å²) in [6.45, 7) is 1.73. The lowest BCUT2D eigenvalue weighted by atomic mass is 10.3. The van der Waals surface area contributed by atoms with Gasteiger partial charge in [-0.2, -0.15) is 4.98 Å². The van der Waals surface area contributed by atoms with Crippen molar-refractivity contribution in [1.29, 1.82) is 0 Å². The summed E-state index contributed by atoms with van der Waals surface area (Å²) in [4.78, 5) is 20.3. The zero-order valence-electron chi connectivity index (χ0n) is 13.0. The van der Waals surface area contributed by atoms with Crippen molar-refractivity contribution in [1.82, 2.24) is 15.1 Å². The van der Waals surface area contributed by atoms with E-state index >= 15 is 0 Å². The second-order valence-corrected chi connectivity index (χ2v) is 6.42. The first-order valence-electron chi connectivity index (χ1n) is 7.16. The molecule has 0 aliphatic rings. The van der Waals surface area contributed by atoms with Gasteiger partial charge in [0.2, 0.25) is 5.91 Å². The third-order valence-corrected chi connectivity index (χ3v) is 4.25. The molecule has 0 atom stereocenters. The molecule has 6 nitrogen and oxygen atoms in total. The van der Waals surface area contributed by atoms with Gasteiger partial charge in [-0.05, 0) is 37.3 Å². The van der Waals surface area contributed by atoms with Crippen molar-refractivity contribution >= 4 is 35.0 Å². The Balaban J connectivity index is 1.57. The SMILES string of the molecule is Cc1noc(-c2ccc(SCC(=O)Nc3ccc(Cl)cc3F)nc2)n1. The molecule has 25 heavy (non-hydrogen) atoms. The zero-order valence-corrected chi connectivity index (χ0v) is 14.6. The van der Waals surface area contributed by atoms with E-state index in [4.69, 9.17) is 16.1 Å². The Morgan fingerprint density at radius 2 is 2.20 bits per heavy atom. The molecule has 0 aliphatic carbocycles. The molecule has 1 amide bonds. The topological polar surface area (TPSA) is 80.9 Å². The summed E-state index contributed by atoms with van der Waals surface area (Å²) in [6.07, 6.45) is 1.59. The fourth-order valence-electron chi connectivity index (χ4n) is 1.92. The van der Waals surface area contributed by atoms with Gasteiger partial charge in [-0.15, -0.1) is 0 Å². The molecule has 128 valence electrons. The Bertz CT molecular complexity index is 901. The molecule has 0 unspecified atom stereocenters.